The number of aromatic nitrogens is 6. The van der Waals surface area contributed by atoms with Crippen molar-refractivity contribution in [1.29, 1.82) is 0 Å². The number of imidazole rings is 1. The van der Waals surface area contributed by atoms with Crippen LogP contribution in [-0.2, 0) is 11.8 Å². The summed E-state index contributed by atoms with van der Waals surface area (Å²) in [6, 6.07) is 11.7. The first-order valence-electron chi connectivity index (χ1n) is 11.7. The number of benzene rings is 2. The molecule has 10 heteroatoms. The number of rotatable bonds is 5. The van der Waals surface area contributed by atoms with Gasteiger partial charge >= 0.3 is 0 Å². The minimum atomic E-state index is -0.0245. The van der Waals surface area contributed by atoms with E-state index in [2.05, 4.69) is 30.2 Å². The fourth-order valence-electron chi connectivity index (χ4n) is 4.37. The van der Waals surface area contributed by atoms with E-state index in [1.165, 1.54) is 6.33 Å². The van der Waals surface area contributed by atoms with Crippen LogP contribution in [0.15, 0.2) is 55.2 Å². The molecule has 180 valence electrons. The van der Waals surface area contributed by atoms with Crippen molar-refractivity contribution in [2.75, 3.05) is 16.8 Å². The zero-order valence-electron chi connectivity index (χ0n) is 20.1. The lowest BCUT2D eigenvalue weighted by molar-refractivity contribution is -0.119. The Balaban J connectivity index is 1.26. The summed E-state index contributed by atoms with van der Waals surface area (Å²) in [4.78, 5) is 36.2. The van der Waals surface area contributed by atoms with E-state index < -0.39 is 0 Å². The van der Waals surface area contributed by atoms with Crippen molar-refractivity contribution in [3.63, 3.8) is 0 Å². The lowest BCUT2D eigenvalue weighted by Gasteiger charge is -2.15. The van der Waals surface area contributed by atoms with E-state index in [9.17, 15) is 4.79 Å². The van der Waals surface area contributed by atoms with Gasteiger partial charge in [-0.05, 0) is 49.2 Å². The molecular weight excluding hydrogens is 456 g/mol. The summed E-state index contributed by atoms with van der Waals surface area (Å²) in [5.74, 6) is 2.39. The van der Waals surface area contributed by atoms with E-state index in [-0.39, 0.29) is 11.8 Å². The zero-order valence-corrected chi connectivity index (χ0v) is 20.1. The molecule has 0 spiro atoms. The maximum absolute atomic E-state index is 12.5. The number of carbonyl (C=O) groups excluding carboxylic acids is 1. The number of carbonyl (C=O) groups is 1. The molecule has 36 heavy (non-hydrogen) atoms. The second kappa shape index (κ2) is 8.56. The quantitative estimate of drug-likeness (QED) is 0.391. The van der Waals surface area contributed by atoms with Gasteiger partial charge in [0, 0.05) is 31.3 Å². The minimum absolute atomic E-state index is 0.0245. The number of nitrogens with zero attached hydrogens (tertiary/aromatic N) is 7. The average molecular weight is 481 g/mol. The van der Waals surface area contributed by atoms with Gasteiger partial charge < -0.3 is 14.6 Å². The first-order chi connectivity index (χ1) is 17.5. The smallest absolute Gasteiger partial charge is 0.232 e. The van der Waals surface area contributed by atoms with E-state index >= 15 is 0 Å². The van der Waals surface area contributed by atoms with Gasteiger partial charge in [0.2, 0.25) is 11.9 Å². The van der Waals surface area contributed by atoms with Crippen LogP contribution in [-0.4, -0.2) is 41.9 Å². The third-order valence-electron chi connectivity index (χ3n) is 6.44. The molecule has 0 aliphatic carbocycles. The summed E-state index contributed by atoms with van der Waals surface area (Å²) >= 11 is 0. The monoisotopic (exact) mass is 480 g/mol. The fraction of sp³-hybridized carbons (Fsp3) is 0.231. The van der Waals surface area contributed by atoms with Crippen LogP contribution in [0.25, 0.3) is 22.1 Å². The molecule has 6 rings (SSSR count). The number of anilines is 3. The highest BCUT2D eigenvalue weighted by Gasteiger charge is 2.31. The van der Waals surface area contributed by atoms with Gasteiger partial charge in [-0.15, -0.1) is 0 Å². The summed E-state index contributed by atoms with van der Waals surface area (Å²) < 4.78 is 8.10. The van der Waals surface area contributed by atoms with Crippen LogP contribution < -0.4 is 15.0 Å². The molecule has 1 atom stereocenters. The Kier molecular flexibility index (Phi) is 5.21. The second-order valence-electron chi connectivity index (χ2n) is 9.02. The molecule has 1 fully saturated rings. The molecule has 4 heterocycles. The maximum atomic E-state index is 12.5. The Morgan fingerprint density at radius 1 is 1.06 bits per heavy atom. The molecule has 1 aliphatic heterocycles. The lowest BCUT2D eigenvalue weighted by Crippen LogP contribution is -2.28. The standard InChI is InChI=1S/C26H24N8O2/c1-15-8-9-34(25(15)35)26-27-12-20-23(32-26)24(29-13-28-20)31-17-4-7-22(16(2)10-17)36-18-5-6-21-19(11-18)30-14-33(21)3/h4-7,10-15H,8-9H2,1-3H3,(H,28,29,31)/t15-/m0/s1. The molecule has 1 N–H and O–H groups in total. The lowest BCUT2D eigenvalue weighted by atomic mass is 10.1. The number of nitrogens with one attached hydrogen (secondary N) is 1. The zero-order chi connectivity index (χ0) is 24.8. The Morgan fingerprint density at radius 2 is 1.94 bits per heavy atom. The highest BCUT2D eigenvalue weighted by molar-refractivity contribution is 5.96. The molecule has 5 aromatic rings. The van der Waals surface area contributed by atoms with Crippen molar-refractivity contribution in [2.24, 2.45) is 13.0 Å². The highest BCUT2D eigenvalue weighted by atomic mass is 16.5. The van der Waals surface area contributed by atoms with Gasteiger partial charge in [0.05, 0.1) is 23.6 Å². The molecule has 1 aliphatic rings. The first kappa shape index (κ1) is 21.9. The van der Waals surface area contributed by atoms with E-state index in [0.29, 0.717) is 29.3 Å². The number of aryl methyl sites for hydroxylation is 2. The van der Waals surface area contributed by atoms with Gasteiger partial charge in [0.1, 0.15) is 28.9 Å². The molecule has 0 saturated carbocycles. The number of amides is 1. The summed E-state index contributed by atoms with van der Waals surface area (Å²) in [5, 5.41) is 3.33. The average Bonchev–Trinajstić information content (AvgIpc) is 3.42. The Morgan fingerprint density at radius 3 is 2.75 bits per heavy atom. The summed E-state index contributed by atoms with van der Waals surface area (Å²) in [6.45, 7) is 4.51. The van der Waals surface area contributed by atoms with Crippen LogP contribution in [0.1, 0.15) is 18.9 Å². The van der Waals surface area contributed by atoms with Gasteiger partial charge in [-0.3, -0.25) is 9.69 Å². The third-order valence-corrected chi connectivity index (χ3v) is 6.44. The van der Waals surface area contributed by atoms with Gasteiger partial charge in [-0.1, -0.05) is 6.92 Å². The normalized spacial score (nSPS) is 15.7. The maximum Gasteiger partial charge on any atom is 0.232 e. The second-order valence-corrected chi connectivity index (χ2v) is 9.02. The third kappa shape index (κ3) is 3.86. The largest absolute Gasteiger partial charge is 0.457 e. The Hall–Kier alpha value is -4.60. The molecule has 1 amide bonds. The highest BCUT2D eigenvalue weighted by Crippen LogP contribution is 2.31. The molecule has 10 nitrogen and oxygen atoms in total. The molecular formula is C26H24N8O2. The van der Waals surface area contributed by atoms with Crippen LogP contribution in [0, 0.1) is 12.8 Å². The van der Waals surface area contributed by atoms with Gasteiger partial charge in [0.25, 0.3) is 0 Å². The van der Waals surface area contributed by atoms with Crippen molar-refractivity contribution in [3.8, 4) is 11.5 Å². The number of hydrogen-bond donors (Lipinski definition) is 1. The topological polar surface area (TPSA) is 111 Å². The van der Waals surface area contributed by atoms with Gasteiger partial charge in [-0.25, -0.2) is 24.9 Å². The summed E-state index contributed by atoms with van der Waals surface area (Å²) in [7, 11) is 1.96. The minimum Gasteiger partial charge on any atom is -0.457 e. The molecule has 0 radical (unpaired) electrons. The molecule has 1 saturated heterocycles. The number of hydrogen-bond acceptors (Lipinski definition) is 8. The SMILES string of the molecule is Cc1cc(Nc2ncnc3cnc(N4CC[C@H](C)C4=O)nc23)ccc1Oc1ccc2c(c1)ncn2C. The van der Waals surface area contributed by atoms with E-state index in [0.717, 1.165) is 40.2 Å². The molecule has 2 aromatic carbocycles. The van der Waals surface area contributed by atoms with Crippen molar-refractivity contribution < 1.29 is 9.53 Å². The van der Waals surface area contributed by atoms with Crippen molar-refractivity contribution in [1.82, 2.24) is 29.5 Å². The van der Waals surface area contributed by atoms with Crippen LogP contribution >= 0.6 is 0 Å². The van der Waals surface area contributed by atoms with Crippen LogP contribution in [0.4, 0.5) is 17.5 Å². The first-order valence-corrected chi connectivity index (χ1v) is 11.7. The predicted octanol–water partition coefficient (Wildman–Crippen LogP) is 4.52. The molecule has 3 aromatic heterocycles. The Labute approximate surface area is 207 Å². The predicted molar refractivity (Wildman–Crippen MR) is 137 cm³/mol. The fourth-order valence-corrected chi connectivity index (χ4v) is 4.37. The van der Waals surface area contributed by atoms with E-state index in [1.807, 2.05) is 61.9 Å². The molecule has 0 bridgehead atoms. The van der Waals surface area contributed by atoms with Crippen molar-refractivity contribution in [3.05, 3.63) is 60.8 Å². The van der Waals surface area contributed by atoms with Gasteiger partial charge in [-0.2, -0.15) is 0 Å². The summed E-state index contributed by atoms with van der Waals surface area (Å²) in [5.41, 5.74) is 4.85. The Bertz CT molecular complexity index is 1630. The van der Waals surface area contributed by atoms with Crippen LogP contribution in [0.3, 0.4) is 0 Å². The number of fused-ring (bicyclic) bond motifs is 2. The van der Waals surface area contributed by atoms with E-state index in [4.69, 9.17) is 4.74 Å². The van der Waals surface area contributed by atoms with Crippen molar-refractivity contribution in [2.45, 2.75) is 20.3 Å². The number of ether oxygens (including phenoxy) is 1. The van der Waals surface area contributed by atoms with Crippen molar-refractivity contribution >= 4 is 45.4 Å². The van der Waals surface area contributed by atoms with Crippen LogP contribution in [0.2, 0.25) is 0 Å². The summed E-state index contributed by atoms with van der Waals surface area (Å²) in [6.07, 6.45) is 5.67. The molecule has 0 unspecified atom stereocenters. The van der Waals surface area contributed by atoms with E-state index in [1.54, 1.807) is 17.4 Å². The van der Waals surface area contributed by atoms with Crippen LogP contribution in [0.5, 0.6) is 11.5 Å². The van der Waals surface area contributed by atoms with Gasteiger partial charge in [0.15, 0.2) is 5.82 Å².